The van der Waals surface area contributed by atoms with Crippen molar-refractivity contribution < 1.29 is 19.2 Å². The van der Waals surface area contributed by atoms with E-state index in [0.717, 1.165) is 4.73 Å². The van der Waals surface area contributed by atoms with Crippen molar-refractivity contribution in [2.45, 2.75) is 20.0 Å². The van der Waals surface area contributed by atoms with E-state index in [9.17, 15) is 9.59 Å². The molecule has 1 amide bonds. The van der Waals surface area contributed by atoms with Crippen LogP contribution in [0.3, 0.4) is 0 Å². The minimum Gasteiger partial charge on any atom is -0.447 e. The molecule has 0 saturated heterocycles. The van der Waals surface area contributed by atoms with Crippen LogP contribution in [-0.4, -0.2) is 28.4 Å². The zero-order chi connectivity index (χ0) is 13.8. The smallest absolute Gasteiger partial charge is 0.414 e. The summed E-state index contributed by atoms with van der Waals surface area (Å²) < 4.78 is 6.06. The van der Waals surface area contributed by atoms with Gasteiger partial charge in [0.25, 0.3) is 0 Å². The van der Waals surface area contributed by atoms with Gasteiger partial charge in [-0.2, -0.15) is 0 Å². The summed E-state index contributed by atoms with van der Waals surface area (Å²) in [6, 6.07) is 7.01. The highest BCUT2D eigenvalue weighted by Crippen LogP contribution is 2.18. The van der Waals surface area contributed by atoms with E-state index in [0.29, 0.717) is 11.0 Å². The van der Waals surface area contributed by atoms with Crippen LogP contribution in [-0.2, 0) is 9.53 Å². The molecule has 1 aromatic heterocycles. The van der Waals surface area contributed by atoms with Gasteiger partial charge in [-0.25, -0.2) is 9.78 Å². The summed E-state index contributed by atoms with van der Waals surface area (Å²) in [6.45, 7) is 3.71. The van der Waals surface area contributed by atoms with Crippen LogP contribution in [0.4, 0.5) is 10.7 Å². The standard InChI is InChI=1S/C12H13N3O4/c1-8(2)19-12(17)14-11-13-9-5-3-4-6-10(9)15(11)18-7-16/h3-8H,1-2H3,(H,13,14,17). The number of anilines is 1. The van der Waals surface area contributed by atoms with Gasteiger partial charge in [0.15, 0.2) is 0 Å². The van der Waals surface area contributed by atoms with Gasteiger partial charge in [0, 0.05) is 0 Å². The van der Waals surface area contributed by atoms with E-state index in [2.05, 4.69) is 10.3 Å². The summed E-state index contributed by atoms with van der Waals surface area (Å²) in [5.41, 5.74) is 1.15. The topological polar surface area (TPSA) is 82.4 Å². The fourth-order valence-corrected chi connectivity index (χ4v) is 1.57. The molecular weight excluding hydrogens is 250 g/mol. The van der Waals surface area contributed by atoms with Crippen molar-refractivity contribution in [1.82, 2.24) is 9.71 Å². The first-order valence-corrected chi connectivity index (χ1v) is 5.67. The minimum absolute atomic E-state index is 0.0824. The van der Waals surface area contributed by atoms with Crippen LogP contribution in [0.5, 0.6) is 0 Å². The fourth-order valence-electron chi connectivity index (χ4n) is 1.57. The Morgan fingerprint density at radius 1 is 1.42 bits per heavy atom. The lowest BCUT2D eigenvalue weighted by atomic mass is 10.3. The molecule has 100 valence electrons. The van der Waals surface area contributed by atoms with E-state index in [1.165, 1.54) is 0 Å². The van der Waals surface area contributed by atoms with Gasteiger partial charge >= 0.3 is 12.6 Å². The first-order chi connectivity index (χ1) is 9.11. The van der Waals surface area contributed by atoms with E-state index in [4.69, 9.17) is 9.57 Å². The molecule has 0 aliphatic carbocycles. The Hall–Kier alpha value is -2.57. The molecule has 0 aliphatic heterocycles. The SMILES string of the molecule is CC(C)OC(=O)Nc1nc2ccccc2n1OC=O. The molecule has 0 spiro atoms. The lowest BCUT2D eigenvalue weighted by Gasteiger charge is -2.09. The number of rotatable bonds is 4. The second-order valence-electron chi connectivity index (χ2n) is 4.00. The molecule has 1 aromatic carbocycles. The van der Waals surface area contributed by atoms with Crippen LogP contribution < -0.4 is 10.2 Å². The largest absolute Gasteiger partial charge is 0.447 e. The maximum atomic E-state index is 11.5. The molecular formula is C12H13N3O4. The number of fused-ring (bicyclic) bond motifs is 1. The summed E-state index contributed by atoms with van der Waals surface area (Å²) >= 11 is 0. The molecule has 1 N–H and O–H groups in total. The van der Waals surface area contributed by atoms with Crippen LogP contribution in [0.25, 0.3) is 11.0 Å². The van der Waals surface area contributed by atoms with Crippen molar-refractivity contribution in [2.24, 2.45) is 0 Å². The summed E-state index contributed by atoms with van der Waals surface area (Å²) in [6.07, 6.45) is -0.925. The Labute approximate surface area is 109 Å². The van der Waals surface area contributed by atoms with Crippen LogP contribution in [0.15, 0.2) is 24.3 Å². The number of ether oxygens (including phenoxy) is 1. The highest BCUT2D eigenvalue weighted by molar-refractivity contribution is 5.86. The molecule has 2 aromatic rings. The maximum Gasteiger partial charge on any atom is 0.414 e. The summed E-state index contributed by atoms with van der Waals surface area (Å²) in [7, 11) is 0. The van der Waals surface area contributed by atoms with Crippen molar-refractivity contribution in [3.05, 3.63) is 24.3 Å². The number of nitrogens with one attached hydrogen (secondary N) is 1. The number of carbonyl (C=O) groups excluding carboxylic acids is 2. The Kier molecular flexibility index (Phi) is 3.65. The van der Waals surface area contributed by atoms with Gasteiger partial charge < -0.3 is 9.57 Å². The predicted molar refractivity (Wildman–Crippen MR) is 67.6 cm³/mol. The van der Waals surface area contributed by atoms with Gasteiger partial charge in [0.1, 0.15) is 5.52 Å². The van der Waals surface area contributed by atoms with Crippen LogP contribution in [0.2, 0.25) is 0 Å². The van der Waals surface area contributed by atoms with Crippen molar-refractivity contribution in [3.63, 3.8) is 0 Å². The van der Waals surface area contributed by atoms with Gasteiger partial charge in [-0.1, -0.05) is 12.1 Å². The zero-order valence-electron chi connectivity index (χ0n) is 10.5. The van der Waals surface area contributed by atoms with Crippen LogP contribution in [0.1, 0.15) is 13.8 Å². The van der Waals surface area contributed by atoms with Crippen molar-refractivity contribution in [3.8, 4) is 0 Å². The lowest BCUT2D eigenvalue weighted by molar-refractivity contribution is -0.128. The summed E-state index contributed by atoms with van der Waals surface area (Å²) in [5.74, 6) is 0.0824. The molecule has 0 unspecified atom stereocenters. The number of benzene rings is 1. The number of carbonyl (C=O) groups is 2. The Bertz CT molecular complexity index is 606. The summed E-state index contributed by atoms with van der Waals surface area (Å²) in [4.78, 5) is 31.0. The number of aromatic nitrogens is 2. The van der Waals surface area contributed by atoms with E-state index in [1.807, 2.05) is 0 Å². The molecule has 0 atom stereocenters. The van der Waals surface area contributed by atoms with E-state index in [1.54, 1.807) is 38.1 Å². The van der Waals surface area contributed by atoms with Crippen molar-refractivity contribution >= 4 is 29.5 Å². The second-order valence-corrected chi connectivity index (χ2v) is 4.00. The Balaban J connectivity index is 2.33. The van der Waals surface area contributed by atoms with Gasteiger partial charge in [0.05, 0.1) is 11.6 Å². The molecule has 7 nitrogen and oxygen atoms in total. The van der Waals surface area contributed by atoms with E-state index < -0.39 is 6.09 Å². The Morgan fingerprint density at radius 2 is 2.16 bits per heavy atom. The van der Waals surface area contributed by atoms with Crippen LogP contribution in [0, 0.1) is 0 Å². The quantitative estimate of drug-likeness (QED) is 0.847. The average molecular weight is 263 g/mol. The second kappa shape index (κ2) is 5.38. The van der Waals surface area contributed by atoms with Crippen molar-refractivity contribution in [2.75, 3.05) is 5.32 Å². The molecule has 0 radical (unpaired) electrons. The molecule has 0 aliphatic rings. The van der Waals surface area contributed by atoms with Gasteiger partial charge in [-0.3, -0.25) is 10.1 Å². The third kappa shape index (κ3) is 2.82. The number of amides is 1. The molecule has 19 heavy (non-hydrogen) atoms. The average Bonchev–Trinajstić information content (AvgIpc) is 2.67. The highest BCUT2D eigenvalue weighted by Gasteiger charge is 2.15. The van der Waals surface area contributed by atoms with E-state index in [-0.39, 0.29) is 18.5 Å². The molecule has 0 bridgehead atoms. The molecule has 0 saturated carbocycles. The first-order valence-electron chi connectivity index (χ1n) is 5.67. The number of imidazole rings is 1. The molecule has 1 heterocycles. The highest BCUT2D eigenvalue weighted by atomic mass is 16.7. The monoisotopic (exact) mass is 263 g/mol. The minimum atomic E-state index is -0.666. The molecule has 2 rings (SSSR count). The third-order valence-corrected chi connectivity index (χ3v) is 2.22. The fraction of sp³-hybridized carbons (Fsp3) is 0.250. The normalized spacial score (nSPS) is 10.5. The van der Waals surface area contributed by atoms with Gasteiger partial charge in [-0.05, 0) is 26.0 Å². The van der Waals surface area contributed by atoms with Gasteiger partial charge in [-0.15, -0.1) is 4.73 Å². The lowest BCUT2D eigenvalue weighted by Crippen LogP contribution is -2.22. The predicted octanol–water partition coefficient (Wildman–Crippen LogP) is 1.58. The maximum absolute atomic E-state index is 11.5. The number of para-hydroxylation sites is 2. The Morgan fingerprint density at radius 3 is 2.84 bits per heavy atom. The number of hydrogen-bond acceptors (Lipinski definition) is 5. The van der Waals surface area contributed by atoms with Crippen molar-refractivity contribution in [1.29, 1.82) is 0 Å². The first kappa shape index (κ1) is 12.9. The zero-order valence-corrected chi connectivity index (χ0v) is 10.5. The third-order valence-electron chi connectivity index (χ3n) is 2.22. The summed E-state index contributed by atoms with van der Waals surface area (Å²) in [5, 5.41) is 2.42. The van der Waals surface area contributed by atoms with E-state index >= 15 is 0 Å². The molecule has 0 fully saturated rings. The van der Waals surface area contributed by atoms with Gasteiger partial charge in [0.2, 0.25) is 5.95 Å². The number of nitrogens with zero attached hydrogens (tertiary/aromatic N) is 2. The van der Waals surface area contributed by atoms with Crippen LogP contribution >= 0.6 is 0 Å². The molecule has 7 heteroatoms. The number of hydrogen-bond donors (Lipinski definition) is 1.